The van der Waals surface area contributed by atoms with Gasteiger partial charge in [-0.05, 0) is 82.3 Å². The van der Waals surface area contributed by atoms with Gasteiger partial charge < -0.3 is 24.4 Å². The monoisotopic (exact) mass is 601 g/mol. The van der Waals surface area contributed by atoms with Gasteiger partial charge in [-0.2, -0.15) is 0 Å². The van der Waals surface area contributed by atoms with Crippen LogP contribution >= 0.6 is 0 Å². The number of aryl methyl sites for hydroxylation is 1. The summed E-state index contributed by atoms with van der Waals surface area (Å²) in [7, 11) is 1.68. The van der Waals surface area contributed by atoms with Crippen molar-refractivity contribution in [2.75, 3.05) is 45.1 Å². The van der Waals surface area contributed by atoms with Crippen LogP contribution in [0.3, 0.4) is 0 Å². The third-order valence-corrected chi connectivity index (χ3v) is 8.02. The Labute approximate surface area is 256 Å². The van der Waals surface area contributed by atoms with Gasteiger partial charge in [0.15, 0.2) is 0 Å². The second-order valence-corrected chi connectivity index (χ2v) is 11.3. The summed E-state index contributed by atoms with van der Waals surface area (Å²) in [6.45, 7) is 6.22. The minimum atomic E-state index is -0.783. The fourth-order valence-electron chi connectivity index (χ4n) is 5.41. The highest BCUT2D eigenvalue weighted by atomic mass is 16.3. The summed E-state index contributed by atoms with van der Waals surface area (Å²) in [5.41, 5.74) is 1.82. The van der Waals surface area contributed by atoms with Crippen LogP contribution in [0.5, 0.6) is 0 Å². The number of likely N-dealkylation sites (tertiary alicyclic amines) is 2. The number of amides is 4. The number of aromatic nitrogens is 1. The zero-order valence-electron chi connectivity index (χ0n) is 25.5. The lowest BCUT2D eigenvalue weighted by molar-refractivity contribution is -0.140. The Kier molecular flexibility index (Phi) is 9.56. The fraction of sp³-hybridized carbons (Fsp3) is 0.438. The Balaban J connectivity index is 1.39. The van der Waals surface area contributed by atoms with Crippen molar-refractivity contribution in [2.45, 2.75) is 52.0 Å². The Morgan fingerprint density at radius 3 is 2.57 bits per heavy atom. The summed E-state index contributed by atoms with van der Waals surface area (Å²) in [4.78, 5) is 66.1. The first kappa shape index (κ1) is 30.7. The van der Waals surface area contributed by atoms with E-state index in [2.05, 4.69) is 15.6 Å². The van der Waals surface area contributed by atoms with E-state index in [-0.39, 0.29) is 41.5 Å². The van der Waals surface area contributed by atoms with E-state index in [1.54, 1.807) is 18.0 Å². The van der Waals surface area contributed by atoms with Crippen LogP contribution < -0.4 is 10.6 Å². The van der Waals surface area contributed by atoms with Crippen LogP contribution in [0, 0.1) is 6.92 Å². The van der Waals surface area contributed by atoms with Gasteiger partial charge in [-0.25, -0.2) is 4.99 Å². The molecule has 2 N–H and O–H groups in total. The van der Waals surface area contributed by atoms with Crippen LogP contribution in [0.25, 0.3) is 11.0 Å². The Bertz CT molecular complexity index is 1560. The van der Waals surface area contributed by atoms with Crippen LogP contribution in [-0.4, -0.2) is 95.1 Å². The van der Waals surface area contributed by atoms with Crippen molar-refractivity contribution in [2.24, 2.45) is 4.99 Å². The second kappa shape index (κ2) is 13.7. The fourth-order valence-corrected chi connectivity index (χ4v) is 5.41. The maximum absolute atomic E-state index is 13.6. The number of hydrogen-bond acceptors (Lipinski definition) is 7. The summed E-state index contributed by atoms with van der Waals surface area (Å²) >= 11 is 0. The Morgan fingerprint density at radius 2 is 1.84 bits per heavy atom. The highest BCUT2D eigenvalue weighted by Gasteiger charge is 2.30. The van der Waals surface area contributed by atoms with Crippen LogP contribution in [0.2, 0.25) is 0 Å². The number of nitrogens with one attached hydrogen (secondary N) is 2. The molecule has 4 heterocycles. The molecular weight excluding hydrogens is 562 g/mol. The number of carbonyl (C=O) groups is 4. The van der Waals surface area contributed by atoms with E-state index in [1.807, 2.05) is 36.9 Å². The summed E-state index contributed by atoms with van der Waals surface area (Å²) in [6.07, 6.45) is 5.30. The molecule has 3 aromatic rings. The predicted molar refractivity (Wildman–Crippen MR) is 166 cm³/mol. The number of carbonyl (C=O) groups excluding carboxylic acids is 4. The highest BCUT2D eigenvalue weighted by molar-refractivity contribution is 6.11. The van der Waals surface area contributed by atoms with E-state index in [4.69, 9.17) is 9.41 Å². The minimum Gasteiger partial charge on any atom is -0.461 e. The average molecular weight is 602 g/mol. The summed E-state index contributed by atoms with van der Waals surface area (Å²) in [5.74, 6) is -0.177. The van der Waals surface area contributed by atoms with Crippen molar-refractivity contribution >= 4 is 46.2 Å². The van der Waals surface area contributed by atoms with Gasteiger partial charge >= 0.3 is 0 Å². The van der Waals surface area contributed by atoms with Crippen LogP contribution in [0.1, 0.15) is 65.6 Å². The molecule has 12 nitrogen and oxygen atoms in total. The molecule has 12 heteroatoms. The SMILES string of the molecule is CCN(C)C(=O)c1ccc(C(=O)NC(=N[C@H]2CCCCN(CC(=O)N3CCCC3)C2=O)Nc2ccc3oc(C)cc3c2)cn1. The summed E-state index contributed by atoms with van der Waals surface area (Å²) in [5, 5.41) is 6.84. The number of rotatable bonds is 7. The molecule has 2 aliphatic rings. The zero-order chi connectivity index (χ0) is 31.2. The molecule has 5 rings (SSSR count). The first-order valence-electron chi connectivity index (χ1n) is 15.2. The number of furan rings is 1. The van der Waals surface area contributed by atoms with E-state index in [9.17, 15) is 19.2 Å². The Hall–Kier alpha value is -4.74. The van der Waals surface area contributed by atoms with Gasteiger partial charge in [0.2, 0.25) is 17.8 Å². The molecule has 2 fully saturated rings. The molecule has 0 unspecified atom stereocenters. The number of aliphatic imine (C=N–C) groups is 1. The molecule has 2 saturated heterocycles. The predicted octanol–water partition coefficient (Wildman–Crippen LogP) is 3.43. The van der Waals surface area contributed by atoms with E-state index >= 15 is 0 Å². The molecule has 1 aromatic carbocycles. The Morgan fingerprint density at radius 1 is 1.07 bits per heavy atom. The molecule has 0 aliphatic carbocycles. The first-order chi connectivity index (χ1) is 21.2. The summed E-state index contributed by atoms with van der Waals surface area (Å²) < 4.78 is 5.69. The van der Waals surface area contributed by atoms with Crippen molar-refractivity contribution in [1.82, 2.24) is 25.0 Å². The molecule has 0 spiro atoms. The van der Waals surface area contributed by atoms with Crippen molar-refractivity contribution in [3.63, 3.8) is 0 Å². The number of pyridine rings is 1. The lowest BCUT2D eigenvalue weighted by Crippen LogP contribution is -2.45. The van der Waals surface area contributed by atoms with E-state index in [1.165, 1.54) is 23.2 Å². The first-order valence-corrected chi connectivity index (χ1v) is 15.2. The van der Waals surface area contributed by atoms with E-state index in [0.29, 0.717) is 25.2 Å². The lowest BCUT2D eigenvalue weighted by atomic mass is 10.1. The molecule has 1 atom stereocenters. The van der Waals surface area contributed by atoms with Crippen LogP contribution in [0.4, 0.5) is 5.69 Å². The number of hydrogen-bond donors (Lipinski definition) is 2. The lowest BCUT2D eigenvalue weighted by Gasteiger charge is -2.25. The highest BCUT2D eigenvalue weighted by Crippen LogP contribution is 2.23. The van der Waals surface area contributed by atoms with Crippen molar-refractivity contribution in [1.29, 1.82) is 0 Å². The maximum Gasteiger partial charge on any atom is 0.272 e. The maximum atomic E-state index is 13.6. The van der Waals surface area contributed by atoms with Gasteiger partial charge in [0.1, 0.15) is 23.1 Å². The third-order valence-electron chi connectivity index (χ3n) is 8.02. The van der Waals surface area contributed by atoms with Crippen molar-refractivity contribution in [3.05, 3.63) is 59.6 Å². The molecule has 44 heavy (non-hydrogen) atoms. The van der Waals surface area contributed by atoms with E-state index < -0.39 is 11.9 Å². The molecule has 232 valence electrons. The van der Waals surface area contributed by atoms with Gasteiger partial charge in [0.05, 0.1) is 12.1 Å². The molecule has 4 amide bonds. The normalized spacial score (nSPS) is 17.5. The summed E-state index contributed by atoms with van der Waals surface area (Å²) in [6, 6.07) is 9.65. The number of guanidine groups is 1. The van der Waals surface area contributed by atoms with Gasteiger partial charge in [-0.3, -0.25) is 29.5 Å². The standard InChI is InChI=1S/C32H39N7O5/c1-4-37(3)30(42)25-12-10-22(19-33-25)29(41)36-32(34-24-11-13-27-23(18-24)17-21(2)44-27)35-26-9-5-6-16-39(31(26)43)20-28(40)38-14-7-8-15-38/h10-13,17-19,26H,4-9,14-16,20H2,1-3H3,(H2,34,35,36,41)/t26-/m0/s1. The minimum absolute atomic E-state index is 0.0282. The second-order valence-electron chi connectivity index (χ2n) is 11.3. The van der Waals surface area contributed by atoms with Gasteiger partial charge in [-0.1, -0.05) is 0 Å². The van der Waals surface area contributed by atoms with Crippen LogP contribution in [0.15, 0.2) is 52.0 Å². The van der Waals surface area contributed by atoms with Gasteiger partial charge in [-0.15, -0.1) is 0 Å². The van der Waals surface area contributed by atoms with E-state index in [0.717, 1.165) is 55.5 Å². The van der Waals surface area contributed by atoms with Gasteiger partial charge in [0, 0.05) is 50.5 Å². The number of fused-ring (bicyclic) bond motifs is 1. The largest absolute Gasteiger partial charge is 0.461 e. The molecular formula is C32H39N7O5. The molecule has 2 aliphatic heterocycles. The van der Waals surface area contributed by atoms with Gasteiger partial charge in [0.25, 0.3) is 11.8 Å². The van der Waals surface area contributed by atoms with Crippen molar-refractivity contribution < 1.29 is 23.6 Å². The van der Waals surface area contributed by atoms with Crippen molar-refractivity contribution in [3.8, 4) is 0 Å². The number of benzene rings is 1. The van der Waals surface area contributed by atoms with Crippen LogP contribution in [-0.2, 0) is 9.59 Å². The molecule has 0 radical (unpaired) electrons. The quantitative estimate of drug-likeness (QED) is 0.312. The molecule has 0 saturated carbocycles. The molecule has 0 bridgehead atoms. The number of nitrogens with zero attached hydrogens (tertiary/aromatic N) is 5. The molecule has 2 aromatic heterocycles. The average Bonchev–Trinajstić information content (AvgIpc) is 3.66. The zero-order valence-corrected chi connectivity index (χ0v) is 25.5. The number of anilines is 1. The topological polar surface area (TPSA) is 140 Å². The smallest absolute Gasteiger partial charge is 0.272 e. The third kappa shape index (κ3) is 7.24.